The highest BCUT2D eigenvalue weighted by atomic mass is 19.1. The molecule has 0 saturated carbocycles. The van der Waals surface area contributed by atoms with E-state index in [-0.39, 0.29) is 17.2 Å². The minimum absolute atomic E-state index is 0.0358. The van der Waals surface area contributed by atoms with Crippen molar-refractivity contribution < 1.29 is 18.3 Å². The number of carbonyl (C=O) groups excluding carboxylic acids is 1. The number of hydrogen-bond acceptors (Lipinski definition) is 5. The quantitative estimate of drug-likeness (QED) is 0.549. The number of carbonyl (C=O) groups is 1. The lowest BCUT2D eigenvalue weighted by molar-refractivity contribution is 0.100. The van der Waals surface area contributed by atoms with E-state index in [4.69, 9.17) is 10.5 Å². The Kier molecular flexibility index (Phi) is 5.99. The van der Waals surface area contributed by atoms with Crippen LogP contribution in [0.25, 0.3) is 10.9 Å². The van der Waals surface area contributed by atoms with Gasteiger partial charge in [-0.05, 0) is 62.5 Å². The number of ether oxygens (including phenoxy) is 1. The molecule has 4 rings (SSSR count). The lowest BCUT2D eigenvalue weighted by Crippen LogP contribution is -2.27. The van der Waals surface area contributed by atoms with E-state index in [0.717, 1.165) is 49.4 Å². The van der Waals surface area contributed by atoms with Crippen molar-refractivity contribution in [2.75, 3.05) is 25.0 Å². The lowest BCUT2D eigenvalue weighted by Gasteiger charge is -2.26. The van der Waals surface area contributed by atoms with Gasteiger partial charge in [-0.2, -0.15) is 0 Å². The van der Waals surface area contributed by atoms with Crippen LogP contribution in [0.2, 0.25) is 0 Å². The average molecular weight is 426 g/mol. The largest absolute Gasteiger partial charge is 0.494 e. The zero-order chi connectivity index (χ0) is 22.0. The van der Waals surface area contributed by atoms with Crippen LogP contribution in [0.4, 0.5) is 20.2 Å². The van der Waals surface area contributed by atoms with Crippen LogP contribution in [-0.2, 0) is 0 Å². The van der Waals surface area contributed by atoms with Crippen LogP contribution < -0.4 is 21.1 Å². The Morgan fingerprint density at radius 2 is 2.03 bits per heavy atom. The van der Waals surface area contributed by atoms with Gasteiger partial charge in [0, 0.05) is 23.7 Å². The van der Waals surface area contributed by atoms with Gasteiger partial charge in [0.15, 0.2) is 0 Å². The number of nitrogens with one attached hydrogen (secondary N) is 2. The fraction of sp³-hybridized carbons (Fsp3) is 0.304. The van der Waals surface area contributed by atoms with Gasteiger partial charge in [-0.3, -0.25) is 9.78 Å². The molecule has 1 saturated heterocycles. The Morgan fingerprint density at radius 1 is 1.26 bits per heavy atom. The lowest BCUT2D eigenvalue weighted by atomic mass is 9.88. The highest BCUT2D eigenvalue weighted by Gasteiger charge is 2.23. The predicted octanol–water partition coefficient (Wildman–Crippen LogP) is 4.22. The smallest absolute Gasteiger partial charge is 0.252 e. The fourth-order valence-corrected chi connectivity index (χ4v) is 4.02. The molecule has 1 fully saturated rings. The SMILES string of the molecule is CCOc1cc2ncc(C(N)=O)c(Nc3ccc(F)cc3F)c2cc1C1CCNCC1. The Balaban J connectivity index is 1.90. The van der Waals surface area contributed by atoms with Gasteiger partial charge in [0.2, 0.25) is 0 Å². The number of primary amides is 1. The molecular weight excluding hydrogens is 402 g/mol. The second kappa shape index (κ2) is 8.85. The summed E-state index contributed by atoms with van der Waals surface area (Å²) in [4.78, 5) is 16.5. The van der Waals surface area contributed by atoms with Gasteiger partial charge < -0.3 is 21.1 Å². The Labute approximate surface area is 178 Å². The molecule has 4 N–H and O–H groups in total. The van der Waals surface area contributed by atoms with Crippen molar-refractivity contribution in [3.05, 3.63) is 59.3 Å². The second-order valence-corrected chi connectivity index (χ2v) is 7.52. The number of nitrogens with zero attached hydrogens (tertiary/aromatic N) is 1. The van der Waals surface area contributed by atoms with Crippen LogP contribution in [0.3, 0.4) is 0 Å². The number of hydrogen-bond donors (Lipinski definition) is 3. The van der Waals surface area contributed by atoms with Crippen LogP contribution in [-0.4, -0.2) is 30.6 Å². The molecule has 1 aliphatic rings. The molecule has 0 radical (unpaired) electrons. The van der Waals surface area contributed by atoms with Crippen molar-refractivity contribution in [1.82, 2.24) is 10.3 Å². The summed E-state index contributed by atoms with van der Waals surface area (Å²) in [6, 6.07) is 6.99. The number of benzene rings is 2. The number of nitrogens with two attached hydrogens (primary N) is 1. The van der Waals surface area contributed by atoms with Crippen molar-refractivity contribution in [3.8, 4) is 5.75 Å². The van der Waals surface area contributed by atoms with E-state index in [2.05, 4.69) is 15.6 Å². The Bertz CT molecular complexity index is 1130. The molecule has 0 atom stereocenters. The molecular formula is C23H24F2N4O2. The summed E-state index contributed by atoms with van der Waals surface area (Å²) in [7, 11) is 0. The number of anilines is 2. The van der Waals surface area contributed by atoms with Gasteiger partial charge in [0.05, 0.1) is 29.1 Å². The zero-order valence-electron chi connectivity index (χ0n) is 17.2. The molecule has 2 heterocycles. The molecule has 0 bridgehead atoms. The molecule has 31 heavy (non-hydrogen) atoms. The van der Waals surface area contributed by atoms with Crippen LogP contribution in [0, 0.1) is 11.6 Å². The maximum Gasteiger partial charge on any atom is 0.252 e. The first-order valence-corrected chi connectivity index (χ1v) is 10.3. The monoisotopic (exact) mass is 426 g/mol. The first-order valence-electron chi connectivity index (χ1n) is 10.3. The van der Waals surface area contributed by atoms with E-state index in [1.165, 1.54) is 12.3 Å². The Hall–Kier alpha value is -3.26. The fourth-order valence-electron chi connectivity index (χ4n) is 4.02. The topological polar surface area (TPSA) is 89.3 Å². The molecule has 0 unspecified atom stereocenters. The minimum atomic E-state index is -0.773. The van der Waals surface area contributed by atoms with E-state index in [1.54, 1.807) is 0 Å². The molecule has 3 aromatic rings. The molecule has 0 aliphatic carbocycles. The standard InChI is InChI=1S/C23H24F2N4O2/c1-2-31-21-11-20-16(10-15(21)13-5-7-27-8-6-13)22(17(12-28-20)23(26)30)29-19-4-3-14(24)9-18(19)25/h3-4,9-13,27H,2,5-8H2,1H3,(H2,26,30)(H,28,29). The molecule has 2 aromatic carbocycles. The molecule has 1 aliphatic heterocycles. The number of piperidine rings is 1. The van der Waals surface area contributed by atoms with Crippen molar-refractivity contribution in [3.63, 3.8) is 0 Å². The highest BCUT2D eigenvalue weighted by Crippen LogP contribution is 2.39. The van der Waals surface area contributed by atoms with Gasteiger partial charge >= 0.3 is 0 Å². The van der Waals surface area contributed by atoms with Crippen LogP contribution in [0.15, 0.2) is 36.5 Å². The molecule has 1 aromatic heterocycles. The van der Waals surface area contributed by atoms with Gasteiger partial charge in [0.1, 0.15) is 17.4 Å². The van der Waals surface area contributed by atoms with Crippen LogP contribution >= 0.6 is 0 Å². The van der Waals surface area contributed by atoms with E-state index in [0.29, 0.717) is 23.2 Å². The van der Waals surface area contributed by atoms with Crippen molar-refractivity contribution in [1.29, 1.82) is 0 Å². The molecule has 6 nitrogen and oxygen atoms in total. The van der Waals surface area contributed by atoms with Crippen molar-refractivity contribution in [2.24, 2.45) is 5.73 Å². The van der Waals surface area contributed by atoms with Crippen LogP contribution in [0.5, 0.6) is 5.75 Å². The number of aromatic nitrogens is 1. The number of halogens is 2. The van der Waals surface area contributed by atoms with Crippen molar-refractivity contribution >= 4 is 28.2 Å². The summed E-state index contributed by atoms with van der Waals surface area (Å²) in [6.07, 6.45) is 3.25. The predicted molar refractivity (Wildman–Crippen MR) is 116 cm³/mol. The first kappa shape index (κ1) is 21.0. The normalized spacial score (nSPS) is 14.5. The summed E-state index contributed by atoms with van der Waals surface area (Å²) in [6.45, 7) is 4.23. The third-order valence-electron chi connectivity index (χ3n) is 5.53. The molecule has 162 valence electrons. The summed E-state index contributed by atoms with van der Waals surface area (Å²) in [5.41, 5.74) is 7.66. The number of amides is 1. The average Bonchev–Trinajstić information content (AvgIpc) is 2.76. The third kappa shape index (κ3) is 4.29. The second-order valence-electron chi connectivity index (χ2n) is 7.52. The minimum Gasteiger partial charge on any atom is -0.494 e. The third-order valence-corrected chi connectivity index (χ3v) is 5.53. The van der Waals surface area contributed by atoms with Crippen LogP contribution in [0.1, 0.15) is 41.6 Å². The van der Waals surface area contributed by atoms with Gasteiger partial charge in [0.25, 0.3) is 5.91 Å². The summed E-state index contributed by atoms with van der Waals surface area (Å²) < 4.78 is 33.6. The molecule has 8 heteroatoms. The number of fused-ring (bicyclic) bond motifs is 1. The van der Waals surface area contributed by atoms with Gasteiger partial charge in [-0.15, -0.1) is 0 Å². The number of rotatable bonds is 6. The van der Waals surface area contributed by atoms with E-state index in [9.17, 15) is 13.6 Å². The summed E-state index contributed by atoms with van der Waals surface area (Å²) in [5.74, 6) is -1.13. The van der Waals surface area contributed by atoms with Gasteiger partial charge in [-0.1, -0.05) is 0 Å². The first-order chi connectivity index (χ1) is 15.0. The molecule has 0 spiro atoms. The maximum atomic E-state index is 14.3. The molecule has 1 amide bonds. The summed E-state index contributed by atoms with van der Waals surface area (Å²) >= 11 is 0. The van der Waals surface area contributed by atoms with Gasteiger partial charge in [-0.25, -0.2) is 8.78 Å². The Morgan fingerprint density at radius 3 is 2.71 bits per heavy atom. The highest BCUT2D eigenvalue weighted by molar-refractivity contribution is 6.07. The van der Waals surface area contributed by atoms with E-state index >= 15 is 0 Å². The maximum absolute atomic E-state index is 14.3. The van der Waals surface area contributed by atoms with Crippen molar-refractivity contribution in [2.45, 2.75) is 25.7 Å². The zero-order valence-corrected chi connectivity index (χ0v) is 17.2. The summed E-state index contributed by atoms with van der Waals surface area (Å²) in [5, 5.41) is 6.91. The number of pyridine rings is 1. The van der Waals surface area contributed by atoms with E-state index in [1.807, 2.05) is 19.1 Å². The van der Waals surface area contributed by atoms with E-state index < -0.39 is 17.5 Å².